The van der Waals surface area contributed by atoms with E-state index in [4.69, 9.17) is 0 Å². The normalized spacial score (nSPS) is 12.9. The highest BCUT2D eigenvalue weighted by molar-refractivity contribution is 4.83. The first-order valence-corrected chi connectivity index (χ1v) is 6.71. The van der Waals surface area contributed by atoms with Gasteiger partial charge in [-0.15, -0.1) is 0 Å². The van der Waals surface area contributed by atoms with Gasteiger partial charge in [-0.3, -0.25) is 9.13 Å². The third-order valence-electron chi connectivity index (χ3n) is 3.00. The summed E-state index contributed by atoms with van der Waals surface area (Å²) in [6.07, 6.45) is 7.15. The lowest BCUT2D eigenvalue weighted by Crippen LogP contribution is -2.37. The van der Waals surface area contributed by atoms with Crippen molar-refractivity contribution in [3.63, 3.8) is 0 Å². The summed E-state index contributed by atoms with van der Waals surface area (Å²) in [6, 6.07) is 0.408. The minimum atomic E-state index is 0.104. The number of aromatic nitrogens is 2. The van der Waals surface area contributed by atoms with Gasteiger partial charge in [0.2, 0.25) is 0 Å². The summed E-state index contributed by atoms with van der Waals surface area (Å²) >= 11 is 0. The van der Waals surface area contributed by atoms with Gasteiger partial charge in [0.25, 0.3) is 0 Å². The molecular weight excluding hydrogens is 214 g/mol. The van der Waals surface area contributed by atoms with Crippen LogP contribution >= 0.6 is 0 Å². The summed E-state index contributed by atoms with van der Waals surface area (Å²) in [5, 5.41) is 3.50. The van der Waals surface area contributed by atoms with E-state index in [1.54, 1.807) is 4.57 Å². The highest BCUT2D eigenvalue weighted by Crippen LogP contribution is 2.00. The van der Waals surface area contributed by atoms with E-state index >= 15 is 0 Å². The molecule has 4 heteroatoms. The lowest BCUT2D eigenvalue weighted by Gasteiger charge is -2.17. The summed E-state index contributed by atoms with van der Waals surface area (Å²) in [5.74, 6) is 0. The van der Waals surface area contributed by atoms with Crippen LogP contribution in [-0.2, 0) is 13.1 Å². The predicted octanol–water partition coefficient (Wildman–Crippen LogP) is 1.84. The zero-order valence-electron chi connectivity index (χ0n) is 11.3. The Balaban J connectivity index is 2.64. The monoisotopic (exact) mass is 239 g/mol. The van der Waals surface area contributed by atoms with Crippen LogP contribution in [0.25, 0.3) is 0 Å². The molecule has 0 aromatic carbocycles. The Morgan fingerprint density at radius 3 is 2.41 bits per heavy atom. The number of nitrogens with one attached hydrogen (secondary N) is 1. The van der Waals surface area contributed by atoms with E-state index in [9.17, 15) is 4.79 Å². The molecule has 1 unspecified atom stereocenters. The fourth-order valence-corrected chi connectivity index (χ4v) is 2.03. The van der Waals surface area contributed by atoms with Crippen LogP contribution in [0.1, 0.15) is 40.0 Å². The fourth-order valence-electron chi connectivity index (χ4n) is 2.03. The molecule has 1 N–H and O–H groups in total. The molecule has 0 radical (unpaired) electrons. The van der Waals surface area contributed by atoms with Crippen molar-refractivity contribution in [2.45, 2.75) is 59.2 Å². The zero-order chi connectivity index (χ0) is 12.7. The van der Waals surface area contributed by atoms with Crippen LogP contribution in [0.3, 0.4) is 0 Å². The Kier molecular flexibility index (Phi) is 6.05. The Bertz CT molecular complexity index is 367. The van der Waals surface area contributed by atoms with Gasteiger partial charge >= 0.3 is 5.69 Å². The van der Waals surface area contributed by atoms with E-state index in [1.807, 2.05) is 23.9 Å². The molecule has 0 spiro atoms. The third-order valence-corrected chi connectivity index (χ3v) is 3.00. The van der Waals surface area contributed by atoms with Crippen molar-refractivity contribution in [1.82, 2.24) is 14.5 Å². The second kappa shape index (κ2) is 7.33. The topological polar surface area (TPSA) is 39.0 Å². The van der Waals surface area contributed by atoms with Gasteiger partial charge in [0.15, 0.2) is 0 Å². The molecule has 0 fully saturated rings. The van der Waals surface area contributed by atoms with Gasteiger partial charge in [-0.2, -0.15) is 0 Å². The SMILES string of the molecule is CCCNC(CCC)Cn1ccn(CC)c1=O. The Labute approximate surface area is 104 Å². The number of aryl methyl sites for hydroxylation is 1. The van der Waals surface area contributed by atoms with Gasteiger partial charge in [-0.25, -0.2) is 4.79 Å². The second-order valence-electron chi connectivity index (χ2n) is 4.46. The van der Waals surface area contributed by atoms with Crippen molar-refractivity contribution >= 4 is 0 Å². The van der Waals surface area contributed by atoms with Crippen LogP contribution < -0.4 is 11.0 Å². The summed E-state index contributed by atoms with van der Waals surface area (Å²) in [7, 11) is 0. The van der Waals surface area contributed by atoms with E-state index in [2.05, 4.69) is 19.2 Å². The quantitative estimate of drug-likeness (QED) is 0.752. The van der Waals surface area contributed by atoms with Crippen LogP contribution in [0.5, 0.6) is 0 Å². The van der Waals surface area contributed by atoms with Crippen molar-refractivity contribution < 1.29 is 0 Å². The lowest BCUT2D eigenvalue weighted by molar-refractivity contribution is 0.413. The molecule has 4 nitrogen and oxygen atoms in total. The molecule has 0 aliphatic rings. The summed E-state index contributed by atoms with van der Waals surface area (Å²) in [6.45, 7) is 8.88. The number of imidazole rings is 1. The molecule has 0 aliphatic heterocycles. The average Bonchev–Trinajstić information content (AvgIpc) is 2.68. The Morgan fingerprint density at radius 2 is 1.88 bits per heavy atom. The van der Waals surface area contributed by atoms with Crippen molar-refractivity contribution in [2.24, 2.45) is 0 Å². The van der Waals surface area contributed by atoms with Crippen molar-refractivity contribution in [3.05, 3.63) is 22.9 Å². The summed E-state index contributed by atoms with van der Waals surface area (Å²) in [4.78, 5) is 11.9. The first-order chi connectivity index (χ1) is 8.22. The second-order valence-corrected chi connectivity index (χ2v) is 4.46. The van der Waals surface area contributed by atoms with Gasteiger partial charge in [0.05, 0.1) is 0 Å². The first-order valence-electron chi connectivity index (χ1n) is 6.71. The largest absolute Gasteiger partial charge is 0.328 e. The number of hydrogen-bond donors (Lipinski definition) is 1. The third kappa shape index (κ3) is 4.04. The van der Waals surface area contributed by atoms with Crippen LogP contribution in [0.15, 0.2) is 17.2 Å². The minimum Gasteiger partial charge on any atom is -0.312 e. The molecule has 0 aliphatic carbocycles. The number of nitrogens with zero attached hydrogens (tertiary/aromatic N) is 2. The molecule has 1 aromatic heterocycles. The Morgan fingerprint density at radius 1 is 1.18 bits per heavy atom. The van der Waals surface area contributed by atoms with Gasteiger partial charge in [0.1, 0.15) is 0 Å². The fraction of sp³-hybridized carbons (Fsp3) is 0.769. The van der Waals surface area contributed by atoms with Crippen molar-refractivity contribution in [2.75, 3.05) is 6.54 Å². The van der Waals surface area contributed by atoms with Crippen molar-refractivity contribution in [3.8, 4) is 0 Å². The molecule has 0 amide bonds. The van der Waals surface area contributed by atoms with E-state index in [0.29, 0.717) is 6.04 Å². The maximum Gasteiger partial charge on any atom is 0.328 e. The minimum absolute atomic E-state index is 0.104. The molecule has 1 atom stereocenters. The molecule has 1 heterocycles. The van der Waals surface area contributed by atoms with Crippen LogP contribution in [0, 0.1) is 0 Å². The molecule has 1 rings (SSSR count). The molecule has 0 bridgehead atoms. The molecule has 1 aromatic rings. The average molecular weight is 239 g/mol. The van der Waals surface area contributed by atoms with Gasteiger partial charge in [-0.1, -0.05) is 20.3 Å². The molecule has 0 saturated carbocycles. The van der Waals surface area contributed by atoms with Gasteiger partial charge < -0.3 is 5.32 Å². The van der Waals surface area contributed by atoms with E-state index in [0.717, 1.165) is 38.9 Å². The first kappa shape index (κ1) is 14.0. The van der Waals surface area contributed by atoms with Crippen LogP contribution in [0.2, 0.25) is 0 Å². The smallest absolute Gasteiger partial charge is 0.312 e. The standard InChI is InChI=1S/C13H25N3O/c1-4-7-12(14-8-5-2)11-16-10-9-15(6-3)13(16)17/h9-10,12,14H,4-8,11H2,1-3H3. The van der Waals surface area contributed by atoms with Gasteiger partial charge in [-0.05, 0) is 26.3 Å². The maximum atomic E-state index is 11.9. The molecule has 98 valence electrons. The maximum absolute atomic E-state index is 11.9. The highest BCUT2D eigenvalue weighted by atomic mass is 16.1. The van der Waals surface area contributed by atoms with Crippen molar-refractivity contribution in [1.29, 1.82) is 0 Å². The van der Waals surface area contributed by atoms with Crippen LogP contribution in [0.4, 0.5) is 0 Å². The lowest BCUT2D eigenvalue weighted by atomic mass is 10.1. The van der Waals surface area contributed by atoms with Gasteiger partial charge in [0, 0.05) is 31.5 Å². The van der Waals surface area contributed by atoms with E-state index < -0.39 is 0 Å². The predicted molar refractivity (Wildman–Crippen MR) is 71.4 cm³/mol. The molecule has 17 heavy (non-hydrogen) atoms. The number of hydrogen-bond acceptors (Lipinski definition) is 2. The number of rotatable bonds is 8. The summed E-state index contributed by atoms with van der Waals surface area (Å²) in [5.41, 5.74) is 0.104. The molecule has 0 saturated heterocycles. The van der Waals surface area contributed by atoms with Crippen LogP contribution in [-0.4, -0.2) is 21.7 Å². The molecular formula is C13H25N3O. The van der Waals surface area contributed by atoms with E-state index in [-0.39, 0.29) is 5.69 Å². The Hall–Kier alpha value is -1.03. The highest BCUT2D eigenvalue weighted by Gasteiger charge is 2.09. The van der Waals surface area contributed by atoms with E-state index in [1.165, 1.54) is 0 Å². The zero-order valence-corrected chi connectivity index (χ0v) is 11.3. The summed E-state index contributed by atoms with van der Waals surface area (Å²) < 4.78 is 3.55.